The van der Waals surface area contributed by atoms with Crippen LogP contribution in [0.2, 0.25) is 0 Å². The van der Waals surface area contributed by atoms with Crippen molar-refractivity contribution < 1.29 is 0 Å². The second kappa shape index (κ2) is 26.8. The maximum absolute atomic E-state index is 2.40. The molecule has 0 amide bonds. The Bertz CT molecular complexity index is 4300. The van der Waals surface area contributed by atoms with Gasteiger partial charge < -0.3 is 0 Å². The molecule has 0 spiro atoms. The molecule has 0 aliphatic rings. The summed E-state index contributed by atoms with van der Waals surface area (Å²) < 4.78 is 0. The molecular formula is C89H84. The van der Waals surface area contributed by atoms with Gasteiger partial charge in [0.1, 0.15) is 0 Å². The molecule has 0 nitrogen and oxygen atoms in total. The van der Waals surface area contributed by atoms with Crippen LogP contribution in [0.1, 0.15) is 109 Å². The van der Waals surface area contributed by atoms with E-state index in [2.05, 4.69) is 373 Å². The summed E-state index contributed by atoms with van der Waals surface area (Å²) in [4.78, 5) is 0. The van der Waals surface area contributed by atoms with Crippen molar-refractivity contribution in [1.82, 2.24) is 0 Å². The van der Waals surface area contributed by atoms with Gasteiger partial charge in [-0.3, -0.25) is 0 Å². The lowest BCUT2D eigenvalue weighted by atomic mass is 9.77. The van der Waals surface area contributed by atoms with E-state index >= 15 is 0 Å². The topological polar surface area (TPSA) is 0 Å². The lowest BCUT2D eigenvalue weighted by Crippen LogP contribution is -2.14. The zero-order valence-corrected chi connectivity index (χ0v) is 53.9. The van der Waals surface area contributed by atoms with Crippen molar-refractivity contribution in [3.8, 4) is 89.0 Å². The van der Waals surface area contributed by atoms with Gasteiger partial charge in [0, 0.05) is 0 Å². The Morgan fingerprint density at radius 3 is 0.933 bits per heavy atom. The van der Waals surface area contributed by atoms with Crippen LogP contribution < -0.4 is 0 Å². The minimum Gasteiger partial charge on any atom is -0.0622 e. The Balaban J connectivity index is 0.000000139. The van der Waals surface area contributed by atoms with Gasteiger partial charge in [-0.2, -0.15) is 0 Å². The summed E-state index contributed by atoms with van der Waals surface area (Å²) in [6.07, 6.45) is 0. The lowest BCUT2D eigenvalue weighted by Gasteiger charge is -2.27. The molecule has 13 rings (SSSR count). The van der Waals surface area contributed by atoms with E-state index in [1.807, 2.05) is 0 Å². The van der Waals surface area contributed by atoms with Gasteiger partial charge in [0.25, 0.3) is 0 Å². The fraction of sp³-hybridized carbons (Fsp3) is 0.169. The van der Waals surface area contributed by atoms with Crippen LogP contribution in [-0.2, 0) is 10.8 Å². The Morgan fingerprint density at radius 1 is 0.236 bits per heavy atom. The minimum atomic E-state index is 0.0171. The van der Waals surface area contributed by atoms with Crippen LogP contribution in [0.15, 0.2) is 297 Å². The first kappa shape index (κ1) is 61.0. The van der Waals surface area contributed by atoms with Crippen molar-refractivity contribution in [3.05, 3.63) is 325 Å². The van der Waals surface area contributed by atoms with Crippen molar-refractivity contribution >= 4 is 21.5 Å². The highest BCUT2D eigenvalue weighted by molar-refractivity contribution is 5.99. The molecular weight excluding hydrogens is 1070 g/mol. The molecule has 13 aromatic carbocycles. The van der Waals surface area contributed by atoms with Crippen molar-refractivity contribution in [2.24, 2.45) is 0 Å². The second-order valence-electron chi connectivity index (χ2n) is 26.5. The van der Waals surface area contributed by atoms with E-state index in [4.69, 9.17) is 0 Å². The van der Waals surface area contributed by atoms with Crippen LogP contribution in [0.4, 0.5) is 0 Å². The third-order valence-corrected chi connectivity index (χ3v) is 17.3. The molecule has 0 aliphatic carbocycles. The molecule has 0 bridgehead atoms. The average Bonchev–Trinajstić information content (AvgIpc) is 1.87. The number of hydrogen-bond donors (Lipinski definition) is 0. The van der Waals surface area contributed by atoms with Gasteiger partial charge in [-0.15, -0.1) is 0 Å². The van der Waals surface area contributed by atoms with Crippen LogP contribution in [-0.4, -0.2) is 0 Å². The number of hydrogen-bond acceptors (Lipinski definition) is 0. The van der Waals surface area contributed by atoms with E-state index in [1.54, 1.807) is 0 Å². The minimum absolute atomic E-state index is 0.0171. The molecule has 0 aromatic heterocycles. The van der Waals surface area contributed by atoms with Crippen LogP contribution in [0.25, 0.3) is 111 Å². The van der Waals surface area contributed by atoms with Crippen molar-refractivity contribution in [1.29, 1.82) is 0 Å². The third-order valence-electron chi connectivity index (χ3n) is 17.3. The van der Waals surface area contributed by atoms with Crippen LogP contribution in [0, 0.1) is 6.92 Å². The van der Waals surface area contributed by atoms with Crippen molar-refractivity contribution in [3.63, 3.8) is 0 Å². The highest BCUT2D eigenvalue weighted by Gasteiger charge is 2.26. The average molecular weight is 1150 g/mol. The summed E-state index contributed by atoms with van der Waals surface area (Å²) in [7, 11) is 0. The van der Waals surface area contributed by atoms with Crippen LogP contribution in [0.5, 0.6) is 0 Å². The predicted octanol–water partition coefficient (Wildman–Crippen LogP) is 25.9. The van der Waals surface area contributed by atoms with Gasteiger partial charge in [-0.05, 0) is 181 Å². The molecule has 13 aromatic rings. The van der Waals surface area contributed by atoms with Gasteiger partial charge in [0.05, 0.1) is 0 Å². The summed E-state index contributed by atoms with van der Waals surface area (Å²) in [6.45, 7) is 25.1. The molecule has 0 saturated heterocycles. The van der Waals surface area contributed by atoms with Crippen molar-refractivity contribution in [2.45, 2.75) is 98.8 Å². The molecule has 0 radical (unpaired) electrons. The Labute approximate surface area is 531 Å². The standard InChI is InChI=1S/C33H28.C30H26.C26H30/c1-24(2)31-32(27-19-11-5-12-20-27)29(25-15-7-3-8-16-25)23-30(26-17-9-4-10-18-26)33(31)28-21-13-6-14-22-28;1-30(2,3)29-27(25-17-15-21-9-4-6-11-23(21)19-25)13-8-14-28(29)26-18-16-22-10-5-7-12-24(22)20-26;1-18(2)25-23(20-12-10-19(3)11-13-20)8-7-9-24(25)21-14-16-22(17-15-21)26(4,5)6/h3-24H,1-2H3;4-20H,1-3H3;7-18H,1-6H3. The molecule has 0 unspecified atom stereocenters. The maximum Gasteiger partial charge on any atom is -0.00641 e. The Hall–Kier alpha value is -9.62. The Kier molecular flexibility index (Phi) is 18.4. The highest BCUT2D eigenvalue weighted by atomic mass is 14.3. The first-order chi connectivity index (χ1) is 43.0. The van der Waals surface area contributed by atoms with E-state index in [9.17, 15) is 0 Å². The smallest absolute Gasteiger partial charge is 0.00641 e. The van der Waals surface area contributed by atoms with E-state index in [0.717, 1.165) is 0 Å². The number of rotatable bonds is 10. The lowest BCUT2D eigenvalue weighted by molar-refractivity contribution is 0.590. The number of fused-ring (bicyclic) bond motifs is 2. The van der Waals surface area contributed by atoms with Crippen LogP contribution >= 0.6 is 0 Å². The van der Waals surface area contributed by atoms with Gasteiger partial charge in [0.15, 0.2) is 0 Å². The summed E-state index contributed by atoms with van der Waals surface area (Å²) in [6, 6.07) is 108. The fourth-order valence-corrected chi connectivity index (χ4v) is 12.9. The SMILES string of the molecule is CC(C)(C)c1c(-c2ccc3ccccc3c2)cccc1-c1ccc2ccccc2c1.CC(C)c1c(-c2ccccc2)c(-c2ccccc2)cc(-c2ccccc2)c1-c1ccccc1.Cc1ccc(-c2cccc(-c3ccc(C(C)(C)C)cc3)c2C(C)C)cc1. The summed E-state index contributed by atoms with van der Waals surface area (Å²) in [5.74, 6) is 0.811. The van der Waals surface area contributed by atoms with E-state index < -0.39 is 0 Å². The monoisotopic (exact) mass is 1150 g/mol. The largest absolute Gasteiger partial charge is 0.0622 e. The first-order valence-electron chi connectivity index (χ1n) is 31.9. The van der Waals surface area contributed by atoms with E-state index in [1.165, 1.54) is 138 Å². The molecule has 0 heterocycles. The molecule has 0 N–H and O–H groups in total. The number of benzene rings is 13. The molecule has 0 heteroatoms. The molecule has 0 fully saturated rings. The summed E-state index contributed by atoms with van der Waals surface area (Å²) >= 11 is 0. The fourth-order valence-electron chi connectivity index (χ4n) is 12.9. The summed E-state index contributed by atoms with van der Waals surface area (Å²) in [5.41, 5.74) is 27.8. The van der Waals surface area contributed by atoms with E-state index in [0.29, 0.717) is 11.8 Å². The third kappa shape index (κ3) is 13.7. The van der Waals surface area contributed by atoms with Gasteiger partial charge in [0.2, 0.25) is 0 Å². The maximum atomic E-state index is 2.40. The zero-order chi connectivity index (χ0) is 62.2. The Morgan fingerprint density at radius 2 is 0.562 bits per heavy atom. The van der Waals surface area contributed by atoms with Gasteiger partial charge >= 0.3 is 0 Å². The quantitative estimate of drug-likeness (QED) is 0.128. The zero-order valence-electron chi connectivity index (χ0n) is 53.9. The van der Waals surface area contributed by atoms with Crippen LogP contribution in [0.3, 0.4) is 0 Å². The molecule has 440 valence electrons. The van der Waals surface area contributed by atoms with Gasteiger partial charge in [-0.1, -0.05) is 354 Å². The predicted molar refractivity (Wildman–Crippen MR) is 388 cm³/mol. The molecule has 89 heavy (non-hydrogen) atoms. The molecule has 0 saturated carbocycles. The molecule has 0 atom stereocenters. The number of aryl methyl sites for hydroxylation is 1. The normalized spacial score (nSPS) is 11.5. The highest BCUT2D eigenvalue weighted by Crippen LogP contribution is 2.49. The second-order valence-corrected chi connectivity index (χ2v) is 26.5. The molecule has 0 aliphatic heterocycles. The van der Waals surface area contributed by atoms with Crippen molar-refractivity contribution in [2.75, 3.05) is 0 Å². The first-order valence-corrected chi connectivity index (χ1v) is 31.9. The van der Waals surface area contributed by atoms with Gasteiger partial charge in [-0.25, -0.2) is 0 Å². The summed E-state index contributed by atoms with van der Waals surface area (Å²) in [5, 5.41) is 5.13. The van der Waals surface area contributed by atoms with E-state index in [-0.39, 0.29) is 10.8 Å².